The van der Waals surface area contributed by atoms with E-state index in [1.54, 1.807) is 61.2 Å². The number of carbonyl (C=O) groups is 3. The zero-order valence-corrected chi connectivity index (χ0v) is 45.8. The van der Waals surface area contributed by atoms with E-state index in [0.29, 0.717) is 76.3 Å². The number of alkyl halides is 1. The number of hydrogen-bond acceptors (Lipinski definition) is 16. The summed E-state index contributed by atoms with van der Waals surface area (Å²) in [6, 6.07) is 37.7. The van der Waals surface area contributed by atoms with Gasteiger partial charge in [-0.05, 0) is 97.1 Å². The van der Waals surface area contributed by atoms with Gasteiger partial charge < -0.3 is 30.5 Å². The molecule has 0 amide bonds. The number of halogens is 1. The van der Waals surface area contributed by atoms with Gasteiger partial charge in [0.1, 0.15) is 26.4 Å². The molecule has 0 unspecified atom stereocenters. The maximum atomic E-state index is 12.8. The van der Waals surface area contributed by atoms with Gasteiger partial charge in [0.25, 0.3) is 6.47 Å². The monoisotopic (exact) mass is 1040 g/mol. The average Bonchev–Trinajstić information content (AvgIpc) is 4.02. The van der Waals surface area contributed by atoms with Gasteiger partial charge >= 0.3 is 103 Å². The Balaban J connectivity index is 0.000000233. The first kappa shape index (κ1) is 55.5. The summed E-state index contributed by atoms with van der Waals surface area (Å²) in [4.78, 5) is 43.5. The van der Waals surface area contributed by atoms with Crippen LogP contribution in [0.1, 0.15) is 22.1 Å². The Labute approximate surface area is 496 Å². The van der Waals surface area contributed by atoms with Crippen molar-refractivity contribution in [3.63, 3.8) is 0 Å². The van der Waals surface area contributed by atoms with Crippen molar-refractivity contribution in [3.8, 4) is 57.1 Å². The zero-order valence-electron chi connectivity index (χ0n) is 38.2. The van der Waals surface area contributed by atoms with E-state index >= 15 is 0 Å². The minimum absolute atomic E-state index is 0. The van der Waals surface area contributed by atoms with Gasteiger partial charge in [0.05, 0.1) is 11.6 Å². The van der Waals surface area contributed by atoms with E-state index in [-0.39, 0.29) is 134 Å². The number of carbonyl (C=O) groups excluding carboxylic acids is 3. The molecule has 0 bridgehead atoms. The number of ether oxygens (including phenoxy) is 4. The van der Waals surface area contributed by atoms with Crippen LogP contribution in [0.3, 0.4) is 0 Å². The fourth-order valence-electron chi connectivity index (χ4n) is 6.39. The molecule has 8 aromatic rings. The summed E-state index contributed by atoms with van der Waals surface area (Å²) >= 11 is 12.1. The molecule has 2 aliphatic heterocycles. The Morgan fingerprint density at radius 2 is 1.14 bits per heavy atom. The molecular weight excluding hydrogens is 998 g/mol. The van der Waals surface area contributed by atoms with Crippen LogP contribution in [0.15, 0.2) is 151 Å². The minimum Gasteiger partial charge on any atom is -1.00 e. The molecular formula is C47H39ClK2N8O9S2. The van der Waals surface area contributed by atoms with Crippen LogP contribution in [-0.2, 0) is 9.68 Å². The summed E-state index contributed by atoms with van der Waals surface area (Å²) in [5, 5.41) is 24.9. The predicted octanol–water partition coefficient (Wildman–Crippen LogP) is 1.50. The Kier molecular flexibility index (Phi) is 23.4. The number of rotatable bonds is 11. The Hall–Kier alpha value is -4.44. The SMILES string of the molecule is O=C(CCl)c1ccc2c(c1)OCCO2.O=C(CSc1nnc(-c2ccncc2)n1-c1ccccc1)c1ccc2c(c1)OCCO2.O=CO[O-].S=c1[nH]nc(-c2ccncc2)n1-c1ccccc1.[H-].[K+].[K+]. The number of thioether (sulfide) groups is 1. The normalized spacial score (nSPS) is 11.4. The van der Waals surface area contributed by atoms with Crippen LogP contribution in [0, 0.1) is 4.77 Å². The number of benzene rings is 4. The van der Waals surface area contributed by atoms with Crippen LogP contribution in [0.25, 0.3) is 34.2 Å². The molecule has 0 saturated carbocycles. The van der Waals surface area contributed by atoms with Crippen LogP contribution < -0.4 is 127 Å². The third-order valence-corrected chi connectivity index (χ3v) is 10.9. The zero-order chi connectivity index (χ0) is 46.8. The van der Waals surface area contributed by atoms with Gasteiger partial charge in [0.15, 0.2) is 56.1 Å². The van der Waals surface area contributed by atoms with Gasteiger partial charge in [-0.3, -0.25) is 38.6 Å². The van der Waals surface area contributed by atoms with Gasteiger partial charge in [-0.1, -0.05) is 48.2 Å². The van der Waals surface area contributed by atoms with Gasteiger partial charge in [-0.15, -0.1) is 21.8 Å². The molecule has 0 spiro atoms. The molecule has 69 heavy (non-hydrogen) atoms. The Morgan fingerprint density at radius 1 is 0.681 bits per heavy atom. The molecule has 22 heteroatoms. The fraction of sp³-hybridized carbons (Fsp3) is 0.128. The van der Waals surface area contributed by atoms with Crippen molar-refractivity contribution in [3.05, 3.63) is 162 Å². The van der Waals surface area contributed by atoms with E-state index < -0.39 is 0 Å². The number of ketones is 2. The van der Waals surface area contributed by atoms with E-state index in [0.717, 1.165) is 28.3 Å². The van der Waals surface area contributed by atoms with E-state index in [1.807, 2.05) is 94.1 Å². The van der Waals surface area contributed by atoms with Crippen molar-refractivity contribution in [2.45, 2.75) is 5.16 Å². The maximum absolute atomic E-state index is 12.8. The Bertz CT molecular complexity index is 2960. The molecule has 0 radical (unpaired) electrons. The van der Waals surface area contributed by atoms with E-state index in [1.165, 1.54) is 11.8 Å². The largest absolute Gasteiger partial charge is 1.00 e. The van der Waals surface area contributed by atoms with Gasteiger partial charge in [0, 0.05) is 58.4 Å². The molecule has 4 aromatic carbocycles. The first-order valence-electron chi connectivity index (χ1n) is 20.2. The molecule has 6 heterocycles. The number of hydrogen-bond donors (Lipinski definition) is 1. The Morgan fingerprint density at radius 3 is 1.64 bits per heavy atom. The second-order valence-corrected chi connectivity index (χ2v) is 15.2. The van der Waals surface area contributed by atoms with Crippen molar-refractivity contribution >= 4 is 53.6 Å². The summed E-state index contributed by atoms with van der Waals surface area (Å²) in [6.45, 7) is 1.89. The number of para-hydroxylation sites is 2. The van der Waals surface area contributed by atoms with Crippen molar-refractivity contribution in [2.75, 3.05) is 38.1 Å². The van der Waals surface area contributed by atoms with Crippen LogP contribution >= 0.6 is 35.6 Å². The van der Waals surface area contributed by atoms with Gasteiger partial charge in [-0.2, -0.15) is 5.10 Å². The molecule has 17 nitrogen and oxygen atoms in total. The van der Waals surface area contributed by atoms with Crippen LogP contribution in [0.2, 0.25) is 0 Å². The van der Waals surface area contributed by atoms with Crippen molar-refractivity contribution in [2.24, 2.45) is 0 Å². The number of pyridine rings is 2. The van der Waals surface area contributed by atoms with Crippen LogP contribution in [-0.4, -0.2) is 95.6 Å². The standard InChI is InChI=1S/C23H18N4O3S.C13H10N4S.C10H9ClO3.CH2O3.2K.H/c28-19(17-6-7-20-21(14-17)30-13-12-29-20)15-31-23-26-25-22(16-8-10-24-11-9-16)27(23)18-4-2-1-3-5-18;18-13-16-15-12(10-6-8-14-9-7-10)17(13)11-4-2-1-3-5-11;11-6-8(12)7-1-2-9-10(5-7)14-4-3-13-9;2-1-4-3;;;/h1-11,14H,12-13,15H2;1-9H,(H,16,18);1-2,5H,3-4,6H2;1,3H;;;/q;;;;2*+1;-1/p-1. The number of H-pyrrole nitrogens is 1. The topological polar surface area (TPSA) is 211 Å². The second-order valence-electron chi connectivity index (χ2n) is 13.7. The predicted molar refractivity (Wildman–Crippen MR) is 250 cm³/mol. The molecule has 0 atom stereocenters. The number of nitrogens with zero attached hydrogens (tertiary/aromatic N) is 7. The first-order chi connectivity index (χ1) is 32.9. The van der Waals surface area contributed by atoms with Crippen LogP contribution in [0.5, 0.6) is 23.0 Å². The van der Waals surface area contributed by atoms with Crippen LogP contribution in [0.4, 0.5) is 0 Å². The summed E-state index contributed by atoms with van der Waals surface area (Å²) < 4.78 is 26.2. The summed E-state index contributed by atoms with van der Waals surface area (Å²) in [6.07, 6.45) is 6.92. The molecule has 0 aliphatic carbocycles. The summed E-state index contributed by atoms with van der Waals surface area (Å²) in [5.41, 5.74) is 4.93. The third-order valence-electron chi connectivity index (χ3n) is 9.43. The number of nitrogens with one attached hydrogen (secondary N) is 1. The van der Waals surface area contributed by atoms with Gasteiger partial charge in [-0.25, -0.2) is 0 Å². The van der Waals surface area contributed by atoms with Crippen molar-refractivity contribution in [1.29, 1.82) is 0 Å². The number of Topliss-reactive ketones (excluding diaryl/α,β-unsaturated/α-hetero) is 2. The second kappa shape index (κ2) is 29.0. The fourth-order valence-corrected chi connectivity index (χ4v) is 7.63. The van der Waals surface area contributed by atoms with E-state index in [4.69, 9.17) is 52.8 Å². The average molecular weight is 1040 g/mol. The molecule has 0 fully saturated rings. The molecule has 10 rings (SSSR count). The smallest absolute Gasteiger partial charge is 1.00 e. The summed E-state index contributed by atoms with van der Waals surface area (Å²) in [5.74, 6) is 4.14. The third kappa shape index (κ3) is 15.3. The van der Waals surface area contributed by atoms with Crippen molar-refractivity contribution in [1.82, 2.24) is 39.5 Å². The van der Waals surface area contributed by atoms with E-state index in [2.05, 4.69) is 35.3 Å². The molecule has 4 aromatic heterocycles. The molecule has 2 aliphatic rings. The van der Waals surface area contributed by atoms with E-state index in [9.17, 15) is 9.59 Å². The molecule has 342 valence electrons. The minimum atomic E-state index is -0.181. The summed E-state index contributed by atoms with van der Waals surface area (Å²) in [7, 11) is 0. The quantitative estimate of drug-likeness (QED) is 0.0285. The molecule has 0 saturated heterocycles. The van der Waals surface area contributed by atoms with Crippen molar-refractivity contribution < 1.29 is 148 Å². The molecule has 1 N–H and O–H groups in total. The first-order valence-corrected chi connectivity index (χ1v) is 22.1. The maximum Gasteiger partial charge on any atom is 1.00 e. The number of aromatic amines is 1. The number of fused-ring (bicyclic) bond motifs is 2. The number of aromatic nitrogens is 8. The van der Waals surface area contributed by atoms with Gasteiger partial charge in [0.2, 0.25) is 0 Å².